The van der Waals surface area contributed by atoms with Crippen molar-refractivity contribution >= 4 is 0 Å². The summed E-state index contributed by atoms with van der Waals surface area (Å²) in [4.78, 5) is 0. The third-order valence-corrected chi connectivity index (χ3v) is 4.03. The fraction of sp³-hybridized carbons (Fsp3) is 0.250. The zero-order valence-corrected chi connectivity index (χ0v) is 11.2. The highest BCUT2D eigenvalue weighted by molar-refractivity contribution is 5.51. The first-order chi connectivity index (χ1) is 9.58. The number of hydrogen-bond acceptors (Lipinski definition) is 4. The molecule has 2 aromatic carbocycles. The second-order valence-corrected chi connectivity index (χ2v) is 5.21. The minimum atomic E-state index is -0.111. The largest absolute Gasteiger partial charge is 0.508 e. The molecule has 0 bridgehead atoms. The van der Waals surface area contributed by atoms with Gasteiger partial charge in [-0.25, -0.2) is 0 Å². The minimum Gasteiger partial charge on any atom is -0.508 e. The van der Waals surface area contributed by atoms with Crippen LogP contribution in [0.4, 0.5) is 0 Å². The molecule has 0 aromatic heterocycles. The monoisotopic (exact) mass is 271 g/mol. The standard InChI is InChI=1S/C16H17NO3/c1-9-12-7-17-8-13(11(12)3-5-14(9)18)10-2-4-15(19)16(20)6-10/h2-6,13,17-20H,7-8H2,1H3/t13-/m1/s1. The van der Waals surface area contributed by atoms with Crippen molar-refractivity contribution in [3.63, 3.8) is 0 Å². The van der Waals surface area contributed by atoms with Gasteiger partial charge in [-0.15, -0.1) is 0 Å². The Hall–Kier alpha value is -2.20. The maximum absolute atomic E-state index is 9.81. The first-order valence-electron chi connectivity index (χ1n) is 6.62. The lowest BCUT2D eigenvalue weighted by Gasteiger charge is -2.28. The van der Waals surface area contributed by atoms with Gasteiger partial charge in [0, 0.05) is 19.0 Å². The predicted molar refractivity (Wildman–Crippen MR) is 76.2 cm³/mol. The Morgan fingerprint density at radius 3 is 2.50 bits per heavy atom. The molecular weight excluding hydrogens is 254 g/mol. The van der Waals surface area contributed by atoms with Crippen LogP contribution in [-0.2, 0) is 6.54 Å². The smallest absolute Gasteiger partial charge is 0.157 e. The van der Waals surface area contributed by atoms with Crippen molar-refractivity contribution in [1.29, 1.82) is 0 Å². The Morgan fingerprint density at radius 2 is 1.75 bits per heavy atom. The zero-order valence-electron chi connectivity index (χ0n) is 11.2. The number of rotatable bonds is 1. The highest BCUT2D eigenvalue weighted by Gasteiger charge is 2.24. The van der Waals surface area contributed by atoms with Gasteiger partial charge in [0.05, 0.1) is 0 Å². The number of phenolic OH excluding ortho intramolecular Hbond substituents is 3. The Labute approximate surface area is 117 Å². The van der Waals surface area contributed by atoms with E-state index in [1.165, 1.54) is 6.07 Å². The zero-order chi connectivity index (χ0) is 14.3. The third kappa shape index (κ3) is 1.98. The maximum atomic E-state index is 9.81. The molecule has 1 aliphatic heterocycles. The number of fused-ring (bicyclic) bond motifs is 1. The van der Waals surface area contributed by atoms with Gasteiger partial charge >= 0.3 is 0 Å². The SMILES string of the molecule is Cc1c(O)ccc2c1CNC[C@@H]2c1ccc(O)c(O)c1. The van der Waals surface area contributed by atoms with Gasteiger partial charge in [0.2, 0.25) is 0 Å². The second kappa shape index (κ2) is 4.72. The van der Waals surface area contributed by atoms with E-state index in [9.17, 15) is 15.3 Å². The predicted octanol–water partition coefficient (Wildman–Crippen LogP) is 2.35. The summed E-state index contributed by atoms with van der Waals surface area (Å²) in [5.41, 5.74) is 4.10. The van der Waals surface area contributed by atoms with E-state index in [1.54, 1.807) is 12.1 Å². The van der Waals surface area contributed by atoms with Crippen molar-refractivity contribution in [1.82, 2.24) is 5.32 Å². The average molecular weight is 271 g/mol. The van der Waals surface area contributed by atoms with Crippen LogP contribution >= 0.6 is 0 Å². The van der Waals surface area contributed by atoms with Crippen LogP contribution in [0.3, 0.4) is 0 Å². The molecule has 0 aliphatic carbocycles. The van der Waals surface area contributed by atoms with Crippen LogP contribution in [0.5, 0.6) is 17.2 Å². The summed E-state index contributed by atoms with van der Waals surface area (Å²) in [7, 11) is 0. The second-order valence-electron chi connectivity index (χ2n) is 5.21. The van der Waals surface area contributed by atoms with Crippen molar-refractivity contribution in [3.8, 4) is 17.2 Å². The maximum Gasteiger partial charge on any atom is 0.157 e. The van der Waals surface area contributed by atoms with Crippen LogP contribution in [-0.4, -0.2) is 21.9 Å². The molecule has 0 amide bonds. The van der Waals surface area contributed by atoms with Crippen molar-refractivity contribution in [2.45, 2.75) is 19.4 Å². The molecule has 1 aliphatic rings. The molecule has 3 rings (SSSR count). The summed E-state index contributed by atoms with van der Waals surface area (Å²) in [6.07, 6.45) is 0. The van der Waals surface area contributed by atoms with Crippen molar-refractivity contribution in [2.24, 2.45) is 0 Å². The number of benzene rings is 2. The molecule has 1 heterocycles. The van der Waals surface area contributed by atoms with E-state index in [-0.39, 0.29) is 17.4 Å². The van der Waals surface area contributed by atoms with Crippen molar-refractivity contribution in [2.75, 3.05) is 6.54 Å². The Balaban J connectivity index is 2.10. The Morgan fingerprint density at radius 1 is 1.00 bits per heavy atom. The molecule has 0 fully saturated rings. The summed E-state index contributed by atoms with van der Waals surface area (Å²) < 4.78 is 0. The van der Waals surface area contributed by atoms with Gasteiger partial charge in [-0.05, 0) is 47.4 Å². The summed E-state index contributed by atoms with van der Waals surface area (Å²) in [6, 6.07) is 8.57. The molecule has 0 spiro atoms. The quantitative estimate of drug-likeness (QED) is 0.601. The molecule has 4 N–H and O–H groups in total. The first kappa shape index (κ1) is 12.8. The number of hydrogen-bond donors (Lipinski definition) is 4. The fourth-order valence-electron chi connectivity index (χ4n) is 2.83. The number of aromatic hydroxyl groups is 3. The van der Waals surface area contributed by atoms with Crippen LogP contribution < -0.4 is 5.32 Å². The van der Waals surface area contributed by atoms with E-state index < -0.39 is 0 Å². The molecular formula is C16H17NO3. The van der Waals surface area contributed by atoms with Gasteiger partial charge < -0.3 is 20.6 Å². The molecule has 4 nitrogen and oxygen atoms in total. The highest BCUT2D eigenvalue weighted by Crippen LogP contribution is 2.37. The van der Waals surface area contributed by atoms with Crippen LogP contribution in [0.2, 0.25) is 0 Å². The van der Waals surface area contributed by atoms with Gasteiger partial charge in [-0.2, -0.15) is 0 Å². The van der Waals surface area contributed by atoms with Gasteiger partial charge in [0.15, 0.2) is 11.5 Å². The van der Waals surface area contributed by atoms with Crippen molar-refractivity contribution in [3.05, 3.63) is 52.6 Å². The molecule has 0 unspecified atom stereocenters. The lowest BCUT2D eigenvalue weighted by atomic mass is 9.83. The lowest BCUT2D eigenvalue weighted by Crippen LogP contribution is -2.29. The van der Waals surface area contributed by atoms with Gasteiger partial charge in [0.25, 0.3) is 0 Å². The summed E-state index contributed by atoms with van der Waals surface area (Å²) in [6.45, 7) is 3.41. The molecule has 0 radical (unpaired) electrons. The number of nitrogens with one attached hydrogen (secondary N) is 1. The minimum absolute atomic E-state index is 0.101. The van der Waals surface area contributed by atoms with Gasteiger partial charge in [-0.1, -0.05) is 12.1 Å². The van der Waals surface area contributed by atoms with Gasteiger partial charge in [0.1, 0.15) is 5.75 Å². The molecule has 104 valence electrons. The van der Waals surface area contributed by atoms with Crippen LogP contribution in [0.1, 0.15) is 28.2 Å². The van der Waals surface area contributed by atoms with E-state index in [1.807, 2.05) is 19.1 Å². The topological polar surface area (TPSA) is 72.7 Å². The summed E-state index contributed by atoms with van der Waals surface area (Å²) >= 11 is 0. The van der Waals surface area contributed by atoms with E-state index in [0.29, 0.717) is 5.75 Å². The first-order valence-corrected chi connectivity index (χ1v) is 6.62. The summed E-state index contributed by atoms with van der Waals surface area (Å²) in [5, 5.41) is 32.2. The third-order valence-electron chi connectivity index (χ3n) is 4.03. The average Bonchev–Trinajstić information content (AvgIpc) is 2.45. The molecule has 1 atom stereocenters. The van der Waals surface area contributed by atoms with Crippen LogP contribution in [0, 0.1) is 6.92 Å². The molecule has 2 aromatic rings. The van der Waals surface area contributed by atoms with E-state index in [2.05, 4.69) is 5.32 Å². The normalized spacial score (nSPS) is 17.8. The van der Waals surface area contributed by atoms with E-state index >= 15 is 0 Å². The van der Waals surface area contributed by atoms with Gasteiger partial charge in [-0.3, -0.25) is 0 Å². The Bertz CT molecular complexity index is 667. The van der Waals surface area contributed by atoms with Crippen LogP contribution in [0.25, 0.3) is 0 Å². The lowest BCUT2D eigenvalue weighted by molar-refractivity contribution is 0.402. The highest BCUT2D eigenvalue weighted by atomic mass is 16.3. The fourth-order valence-corrected chi connectivity index (χ4v) is 2.83. The van der Waals surface area contributed by atoms with E-state index in [4.69, 9.17) is 0 Å². The molecule has 4 heteroatoms. The molecule has 20 heavy (non-hydrogen) atoms. The van der Waals surface area contributed by atoms with Crippen molar-refractivity contribution < 1.29 is 15.3 Å². The Kier molecular flexibility index (Phi) is 3.03. The van der Waals surface area contributed by atoms with E-state index in [0.717, 1.165) is 35.3 Å². The van der Waals surface area contributed by atoms with Crippen LogP contribution in [0.15, 0.2) is 30.3 Å². The number of phenols is 3. The summed E-state index contributed by atoms with van der Waals surface area (Å²) in [5.74, 6) is 0.189. The molecule has 0 saturated heterocycles. The molecule has 0 saturated carbocycles.